The Morgan fingerprint density at radius 2 is 2.00 bits per heavy atom. The molecule has 1 rings (SSSR count). The first kappa shape index (κ1) is 18.3. The molecule has 1 atom stereocenters. The van der Waals surface area contributed by atoms with Crippen LogP contribution in [0.1, 0.15) is 27.7 Å². The molecular weight excluding hydrogens is 314 g/mol. The van der Waals surface area contributed by atoms with E-state index in [0.29, 0.717) is 6.54 Å². The quantitative estimate of drug-likeness (QED) is 0.609. The van der Waals surface area contributed by atoms with E-state index in [4.69, 9.17) is 4.74 Å². The number of hydrogen-bond acceptors (Lipinski definition) is 7. The highest BCUT2D eigenvalue weighted by Gasteiger charge is 2.20. The summed E-state index contributed by atoms with van der Waals surface area (Å²) in [4.78, 5) is 3.92. The number of nitrogens with zero attached hydrogens (tertiary/aromatic N) is 1. The topological polar surface area (TPSA) is 101 Å². The molecule has 0 aromatic carbocycles. The molecule has 7 nitrogen and oxygen atoms in total. The van der Waals surface area contributed by atoms with Crippen LogP contribution < -0.4 is 14.8 Å². The zero-order chi connectivity index (χ0) is 16.0. The molecule has 9 heteroatoms. The van der Waals surface area contributed by atoms with Gasteiger partial charge in [0.2, 0.25) is 0 Å². The van der Waals surface area contributed by atoms with E-state index >= 15 is 0 Å². The zero-order valence-corrected chi connectivity index (χ0v) is 14.3. The van der Waals surface area contributed by atoms with Crippen LogP contribution in [0.2, 0.25) is 0 Å². The molecular formula is C12H23N3O4S2. The van der Waals surface area contributed by atoms with Crippen LogP contribution in [-0.4, -0.2) is 49.8 Å². The second-order valence-electron chi connectivity index (χ2n) is 5.26. The number of nitrogens with one attached hydrogen (secondary N) is 2. The van der Waals surface area contributed by atoms with Crippen molar-refractivity contribution < 1.29 is 18.3 Å². The fourth-order valence-corrected chi connectivity index (χ4v) is 3.60. The smallest absolute Gasteiger partial charge is 0.274 e. The number of ether oxygens (including phenoxy) is 1. The van der Waals surface area contributed by atoms with Crippen LogP contribution >= 0.6 is 11.3 Å². The van der Waals surface area contributed by atoms with Gasteiger partial charge >= 0.3 is 0 Å². The molecule has 1 heterocycles. The van der Waals surface area contributed by atoms with Gasteiger partial charge in [0.05, 0.1) is 0 Å². The van der Waals surface area contributed by atoms with Crippen LogP contribution in [-0.2, 0) is 10.0 Å². The zero-order valence-electron chi connectivity index (χ0n) is 12.7. The highest BCUT2D eigenvalue weighted by molar-refractivity contribution is 7.89. The van der Waals surface area contributed by atoms with Crippen LogP contribution in [0.4, 0.5) is 0 Å². The van der Waals surface area contributed by atoms with Gasteiger partial charge in [-0.2, -0.15) is 4.98 Å². The van der Waals surface area contributed by atoms with Crippen molar-refractivity contribution in [3.63, 3.8) is 0 Å². The molecule has 0 aliphatic heterocycles. The van der Waals surface area contributed by atoms with Crippen molar-refractivity contribution in [3.05, 3.63) is 5.38 Å². The maximum atomic E-state index is 11.9. The van der Waals surface area contributed by atoms with E-state index in [2.05, 4.69) is 15.0 Å². The van der Waals surface area contributed by atoms with E-state index in [1.54, 1.807) is 13.8 Å². The summed E-state index contributed by atoms with van der Waals surface area (Å²) < 4.78 is 31.5. The normalized spacial score (nSPS) is 13.9. The summed E-state index contributed by atoms with van der Waals surface area (Å²) in [5.41, 5.74) is 0. The largest absolute Gasteiger partial charge is 0.467 e. The summed E-state index contributed by atoms with van der Waals surface area (Å²) in [5, 5.41) is 14.4. The van der Waals surface area contributed by atoms with Gasteiger partial charge in [-0.3, -0.25) is 0 Å². The lowest BCUT2D eigenvalue weighted by atomic mass is 10.3. The first-order valence-electron chi connectivity index (χ1n) is 6.73. The third kappa shape index (κ3) is 6.70. The number of aromatic nitrogens is 1. The predicted molar refractivity (Wildman–Crippen MR) is 82.2 cm³/mol. The summed E-state index contributed by atoms with van der Waals surface area (Å²) >= 11 is 1.09. The standard InChI is InChI=1S/C12H23N3O4S2/c1-8(2)13-5-10(16)6-19-12-14-11(7-20-12)21(17,18)15-9(3)4/h7-10,13,15-16H,5-6H2,1-4H3. The van der Waals surface area contributed by atoms with Crippen LogP contribution in [0.5, 0.6) is 5.19 Å². The van der Waals surface area contributed by atoms with Crippen molar-refractivity contribution in [3.8, 4) is 5.19 Å². The molecule has 0 amide bonds. The average molecular weight is 337 g/mol. The Labute approximate surface area is 129 Å². The SMILES string of the molecule is CC(C)NCC(O)COc1nc(S(=O)(=O)NC(C)C)cs1. The number of thiazole rings is 1. The molecule has 0 saturated heterocycles. The lowest BCUT2D eigenvalue weighted by Crippen LogP contribution is -2.35. The number of rotatable bonds is 9. The lowest BCUT2D eigenvalue weighted by Gasteiger charge is -2.13. The molecule has 0 fully saturated rings. The Balaban J connectivity index is 2.52. The van der Waals surface area contributed by atoms with E-state index in [1.807, 2.05) is 13.8 Å². The third-order valence-electron chi connectivity index (χ3n) is 2.29. The molecule has 0 radical (unpaired) electrons. The fraction of sp³-hybridized carbons (Fsp3) is 0.750. The van der Waals surface area contributed by atoms with Gasteiger partial charge in [0.1, 0.15) is 12.7 Å². The molecule has 21 heavy (non-hydrogen) atoms. The minimum Gasteiger partial charge on any atom is -0.467 e. The molecule has 0 aliphatic carbocycles. The van der Waals surface area contributed by atoms with Crippen LogP contribution in [0.25, 0.3) is 0 Å². The van der Waals surface area contributed by atoms with Crippen LogP contribution in [0.15, 0.2) is 10.4 Å². The Morgan fingerprint density at radius 1 is 1.33 bits per heavy atom. The first-order chi connectivity index (χ1) is 9.70. The van der Waals surface area contributed by atoms with Gasteiger partial charge in [0.15, 0.2) is 5.03 Å². The minimum absolute atomic E-state index is 0.0599. The molecule has 0 aliphatic rings. The maximum Gasteiger partial charge on any atom is 0.274 e. The number of sulfonamides is 1. The highest BCUT2D eigenvalue weighted by Crippen LogP contribution is 2.21. The molecule has 3 N–H and O–H groups in total. The van der Waals surface area contributed by atoms with Gasteiger partial charge in [0.25, 0.3) is 15.2 Å². The van der Waals surface area contributed by atoms with Crippen LogP contribution in [0, 0.1) is 0 Å². The summed E-state index contributed by atoms with van der Waals surface area (Å²) in [6.45, 7) is 7.90. The molecule has 0 bridgehead atoms. The summed E-state index contributed by atoms with van der Waals surface area (Å²) in [7, 11) is -3.60. The van der Waals surface area contributed by atoms with Gasteiger partial charge in [-0.1, -0.05) is 25.2 Å². The molecule has 122 valence electrons. The van der Waals surface area contributed by atoms with Gasteiger partial charge in [-0.05, 0) is 13.8 Å². The monoisotopic (exact) mass is 337 g/mol. The van der Waals surface area contributed by atoms with Crippen molar-refractivity contribution in [1.82, 2.24) is 15.0 Å². The van der Waals surface area contributed by atoms with E-state index in [1.165, 1.54) is 5.38 Å². The number of aliphatic hydroxyl groups excluding tert-OH is 1. The molecule has 1 unspecified atom stereocenters. The van der Waals surface area contributed by atoms with Crippen molar-refractivity contribution in [1.29, 1.82) is 0 Å². The van der Waals surface area contributed by atoms with E-state index in [0.717, 1.165) is 11.3 Å². The average Bonchev–Trinajstić information content (AvgIpc) is 2.81. The van der Waals surface area contributed by atoms with Crippen molar-refractivity contribution in [2.75, 3.05) is 13.2 Å². The van der Waals surface area contributed by atoms with Crippen molar-refractivity contribution in [2.24, 2.45) is 0 Å². The van der Waals surface area contributed by atoms with Crippen molar-refractivity contribution in [2.45, 2.75) is 50.9 Å². The summed E-state index contributed by atoms with van der Waals surface area (Å²) in [5.74, 6) is 0. The highest BCUT2D eigenvalue weighted by atomic mass is 32.2. The second kappa shape index (κ2) is 8.04. The van der Waals surface area contributed by atoms with Gasteiger partial charge < -0.3 is 15.2 Å². The fourth-order valence-electron chi connectivity index (χ4n) is 1.40. The lowest BCUT2D eigenvalue weighted by molar-refractivity contribution is 0.104. The number of aliphatic hydroxyl groups is 1. The minimum atomic E-state index is -3.60. The maximum absolute atomic E-state index is 11.9. The van der Waals surface area contributed by atoms with Gasteiger partial charge in [0, 0.05) is 24.0 Å². The van der Waals surface area contributed by atoms with Crippen LogP contribution in [0.3, 0.4) is 0 Å². The Kier molecular flexibility index (Phi) is 7.01. The Hall–Kier alpha value is -0.740. The van der Waals surface area contributed by atoms with E-state index < -0.39 is 16.1 Å². The predicted octanol–water partition coefficient (Wildman–Crippen LogP) is 0.567. The second-order valence-corrected chi connectivity index (χ2v) is 7.74. The van der Waals surface area contributed by atoms with E-state index in [9.17, 15) is 13.5 Å². The summed E-state index contributed by atoms with van der Waals surface area (Å²) in [6, 6.07) is 0.0726. The molecule has 1 aromatic heterocycles. The first-order valence-corrected chi connectivity index (χ1v) is 9.09. The molecule has 0 saturated carbocycles. The molecule has 0 spiro atoms. The van der Waals surface area contributed by atoms with E-state index in [-0.39, 0.29) is 28.9 Å². The Bertz CT molecular complexity index is 528. The van der Waals surface area contributed by atoms with Crippen molar-refractivity contribution >= 4 is 21.4 Å². The van der Waals surface area contributed by atoms with Gasteiger partial charge in [-0.25, -0.2) is 13.1 Å². The molecule has 1 aromatic rings. The summed E-state index contributed by atoms with van der Waals surface area (Å²) in [6.07, 6.45) is -0.676. The Morgan fingerprint density at radius 3 is 2.57 bits per heavy atom. The third-order valence-corrected chi connectivity index (χ3v) is 4.73. The van der Waals surface area contributed by atoms with Gasteiger partial charge in [-0.15, -0.1) is 0 Å². The number of hydrogen-bond donors (Lipinski definition) is 3.